The first-order chi connectivity index (χ1) is 11.9. The average Bonchev–Trinajstić information content (AvgIpc) is 2.82. The first-order valence-electron chi connectivity index (χ1n) is 10.3. The van der Waals surface area contributed by atoms with Gasteiger partial charge in [-0.1, -0.05) is 60.8 Å². The molecule has 26 heavy (non-hydrogen) atoms. The summed E-state index contributed by atoms with van der Waals surface area (Å²) in [4.78, 5) is 40.1. The predicted octanol–water partition coefficient (Wildman–Crippen LogP) is 5.00. The Hall–Kier alpha value is -1.19. The molecule has 4 nitrogen and oxygen atoms in total. The molecule has 0 bridgehead atoms. The van der Waals surface area contributed by atoms with E-state index in [1.165, 1.54) is 4.90 Å². The van der Waals surface area contributed by atoms with Gasteiger partial charge in [-0.25, -0.2) is 0 Å². The van der Waals surface area contributed by atoms with Crippen LogP contribution in [0.1, 0.15) is 93.9 Å². The lowest BCUT2D eigenvalue weighted by molar-refractivity contribution is -0.149. The minimum absolute atomic E-state index is 0.00749. The molecule has 4 heteroatoms. The molecule has 0 radical (unpaired) electrons. The maximum Gasteiger partial charge on any atom is 0.233 e. The molecule has 0 spiro atoms. The molecule has 1 aliphatic rings. The Kier molecular flexibility index (Phi) is 7.62. The summed E-state index contributed by atoms with van der Waals surface area (Å²) in [7, 11) is 0. The Morgan fingerprint density at radius 2 is 1.65 bits per heavy atom. The topological polar surface area (TPSA) is 54.5 Å². The molecule has 1 fully saturated rings. The molecule has 0 N–H and O–H groups in total. The Balaban J connectivity index is 3.00. The van der Waals surface area contributed by atoms with Crippen LogP contribution in [0.25, 0.3) is 0 Å². The molecule has 2 unspecified atom stereocenters. The Morgan fingerprint density at radius 1 is 1.12 bits per heavy atom. The Morgan fingerprint density at radius 3 is 2.12 bits per heavy atom. The van der Waals surface area contributed by atoms with Crippen LogP contribution in [-0.4, -0.2) is 28.0 Å². The van der Waals surface area contributed by atoms with E-state index in [0.29, 0.717) is 12.8 Å². The first kappa shape index (κ1) is 22.9. The van der Waals surface area contributed by atoms with E-state index in [4.69, 9.17) is 0 Å². The monoisotopic (exact) mass is 365 g/mol. The molecule has 1 aliphatic heterocycles. The molecular formula is C22H39NO3. The summed E-state index contributed by atoms with van der Waals surface area (Å²) in [5.41, 5.74) is -1.22. The summed E-state index contributed by atoms with van der Waals surface area (Å²) in [5.74, 6) is 0.164. The van der Waals surface area contributed by atoms with Crippen molar-refractivity contribution in [1.29, 1.82) is 0 Å². The molecule has 0 aromatic heterocycles. The number of likely N-dealkylation sites (tertiary alicyclic amines) is 1. The number of amides is 2. The summed E-state index contributed by atoms with van der Waals surface area (Å²) in [6.07, 6.45) is 4.49. The van der Waals surface area contributed by atoms with Gasteiger partial charge in [0, 0.05) is 23.3 Å². The number of Topliss-reactive ketones (excluding diaryl/α,β-unsaturated/α-hetero) is 1. The van der Waals surface area contributed by atoms with Crippen LogP contribution in [0.15, 0.2) is 0 Å². The third-order valence-electron chi connectivity index (χ3n) is 6.12. The van der Waals surface area contributed by atoms with Gasteiger partial charge in [-0.05, 0) is 32.6 Å². The van der Waals surface area contributed by atoms with Crippen molar-refractivity contribution < 1.29 is 14.4 Å². The molecule has 2 atom stereocenters. The number of carbonyl (C=O) groups excluding carboxylic acids is 3. The van der Waals surface area contributed by atoms with Crippen LogP contribution in [-0.2, 0) is 14.4 Å². The molecular weight excluding hydrogens is 326 g/mol. The highest BCUT2D eigenvalue weighted by molar-refractivity contribution is 6.04. The summed E-state index contributed by atoms with van der Waals surface area (Å²) >= 11 is 0. The third-order valence-corrected chi connectivity index (χ3v) is 6.12. The van der Waals surface area contributed by atoms with Crippen molar-refractivity contribution in [2.45, 2.75) is 99.5 Å². The van der Waals surface area contributed by atoms with Crippen LogP contribution < -0.4 is 0 Å². The predicted molar refractivity (Wildman–Crippen MR) is 106 cm³/mol. The fourth-order valence-corrected chi connectivity index (χ4v) is 5.00. The van der Waals surface area contributed by atoms with E-state index in [1.807, 2.05) is 34.6 Å². The van der Waals surface area contributed by atoms with Gasteiger partial charge in [-0.2, -0.15) is 0 Å². The Labute approximate surface area is 160 Å². The van der Waals surface area contributed by atoms with E-state index >= 15 is 0 Å². The number of imide groups is 1. The van der Waals surface area contributed by atoms with E-state index in [-0.39, 0.29) is 35.4 Å². The zero-order chi connectivity index (χ0) is 20.3. The molecule has 1 rings (SSSR count). The standard InChI is InChI=1S/C22H39NO3/c1-9-12-15(4)19(25)21(5,6)14-22(7,8)23-18(24)13-17(20(23)26)16(10-2)11-3/h15-17H,9-14H2,1-8H3. The van der Waals surface area contributed by atoms with Crippen LogP contribution in [0.5, 0.6) is 0 Å². The van der Waals surface area contributed by atoms with Crippen LogP contribution in [0.3, 0.4) is 0 Å². The molecule has 1 heterocycles. The molecule has 0 aliphatic carbocycles. The van der Waals surface area contributed by atoms with Gasteiger partial charge < -0.3 is 0 Å². The minimum atomic E-state index is -0.653. The SMILES string of the molecule is CCCC(C)C(=O)C(C)(C)CC(C)(C)N1C(=O)CC(C(CC)CC)C1=O. The third kappa shape index (κ3) is 4.75. The summed E-state index contributed by atoms with van der Waals surface area (Å²) in [5, 5.41) is 0. The molecule has 0 aromatic carbocycles. The van der Waals surface area contributed by atoms with Crippen molar-refractivity contribution in [1.82, 2.24) is 4.90 Å². The van der Waals surface area contributed by atoms with Crippen molar-refractivity contribution in [3.63, 3.8) is 0 Å². The molecule has 150 valence electrons. The van der Waals surface area contributed by atoms with Crippen molar-refractivity contribution in [3.8, 4) is 0 Å². The van der Waals surface area contributed by atoms with E-state index in [0.717, 1.165) is 25.7 Å². The summed E-state index contributed by atoms with van der Waals surface area (Å²) in [6.45, 7) is 16.0. The zero-order valence-corrected chi connectivity index (χ0v) is 18.1. The lowest BCUT2D eigenvalue weighted by Gasteiger charge is -2.40. The molecule has 0 aromatic rings. The Bertz CT molecular complexity index is 532. The maximum atomic E-state index is 13.0. The second-order valence-electron chi connectivity index (χ2n) is 9.38. The van der Waals surface area contributed by atoms with Crippen molar-refractivity contribution in [3.05, 3.63) is 0 Å². The fraction of sp³-hybridized carbons (Fsp3) is 0.864. The zero-order valence-electron chi connectivity index (χ0n) is 18.1. The molecule has 2 amide bonds. The van der Waals surface area contributed by atoms with E-state index in [2.05, 4.69) is 20.8 Å². The van der Waals surface area contributed by atoms with Gasteiger partial charge in [0.1, 0.15) is 5.78 Å². The van der Waals surface area contributed by atoms with Gasteiger partial charge in [0.05, 0.1) is 5.92 Å². The molecule has 1 saturated heterocycles. The number of hydrogen-bond acceptors (Lipinski definition) is 3. The molecule has 0 saturated carbocycles. The van der Waals surface area contributed by atoms with E-state index < -0.39 is 11.0 Å². The van der Waals surface area contributed by atoms with E-state index in [9.17, 15) is 14.4 Å². The summed E-state index contributed by atoms with van der Waals surface area (Å²) < 4.78 is 0. The average molecular weight is 366 g/mol. The highest BCUT2D eigenvalue weighted by Crippen LogP contribution is 2.40. The highest BCUT2D eigenvalue weighted by atomic mass is 16.2. The lowest BCUT2D eigenvalue weighted by atomic mass is 9.72. The van der Waals surface area contributed by atoms with Gasteiger partial charge >= 0.3 is 0 Å². The number of nitrogens with zero attached hydrogens (tertiary/aromatic N) is 1. The van der Waals surface area contributed by atoms with E-state index in [1.54, 1.807) is 0 Å². The van der Waals surface area contributed by atoms with Gasteiger partial charge in [-0.3, -0.25) is 19.3 Å². The van der Waals surface area contributed by atoms with Crippen molar-refractivity contribution >= 4 is 17.6 Å². The minimum Gasteiger partial charge on any atom is -0.299 e. The van der Waals surface area contributed by atoms with Gasteiger partial charge in [-0.15, -0.1) is 0 Å². The normalized spacial score (nSPS) is 20.2. The van der Waals surface area contributed by atoms with Crippen LogP contribution in [0, 0.1) is 23.2 Å². The fourth-order valence-electron chi connectivity index (χ4n) is 5.00. The van der Waals surface area contributed by atoms with Crippen LogP contribution in [0.2, 0.25) is 0 Å². The number of rotatable bonds is 10. The lowest BCUT2D eigenvalue weighted by Crippen LogP contribution is -2.51. The van der Waals surface area contributed by atoms with Crippen molar-refractivity contribution in [2.24, 2.45) is 23.2 Å². The maximum absolute atomic E-state index is 13.0. The van der Waals surface area contributed by atoms with Gasteiger partial charge in [0.15, 0.2) is 0 Å². The smallest absolute Gasteiger partial charge is 0.233 e. The number of ketones is 1. The van der Waals surface area contributed by atoms with Gasteiger partial charge in [0.2, 0.25) is 11.8 Å². The van der Waals surface area contributed by atoms with Crippen LogP contribution >= 0.6 is 0 Å². The summed E-state index contributed by atoms with van der Waals surface area (Å²) in [6, 6.07) is 0. The second-order valence-corrected chi connectivity index (χ2v) is 9.38. The number of carbonyl (C=O) groups is 3. The number of hydrogen-bond donors (Lipinski definition) is 0. The largest absolute Gasteiger partial charge is 0.299 e. The highest BCUT2D eigenvalue weighted by Gasteiger charge is 2.50. The van der Waals surface area contributed by atoms with Crippen molar-refractivity contribution in [2.75, 3.05) is 0 Å². The van der Waals surface area contributed by atoms with Crippen LogP contribution in [0.4, 0.5) is 0 Å². The first-order valence-corrected chi connectivity index (χ1v) is 10.3. The second kappa shape index (κ2) is 8.67. The van der Waals surface area contributed by atoms with Gasteiger partial charge in [0.25, 0.3) is 0 Å². The quantitative estimate of drug-likeness (QED) is 0.512.